The average molecular weight is 253 g/mol. The minimum atomic E-state index is -0.965. The van der Waals surface area contributed by atoms with Gasteiger partial charge in [0.2, 0.25) is 5.89 Å². The highest BCUT2D eigenvalue weighted by atomic mass is 16.5. The number of nitrogens with zero attached hydrogens (tertiary/aromatic N) is 2. The molecule has 5 nitrogen and oxygen atoms in total. The largest absolute Gasteiger partial charge is 0.388 e. The molecule has 0 bridgehead atoms. The van der Waals surface area contributed by atoms with E-state index in [1.807, 2.05) is 0 Å². The molecule has 1 saturated carbocycles. The fourth-order valence-electron chi connectivity index (χ4n) is 2.44. The minimum absolute atomic E-state index is 0.189. The summed E-state index contributed by atoms with van der Waals surface area (Å²) >= 11 is 0. The van der Waals surface area contributed by atoms with Gasteiger partial charge in [-0.3, -0.25) is 0 Å². The SMILES string of the molecule is CC(O)(CN)Cc1nc(C2CCCCCC2)no1. The van der Waals surface area contributed by atoms with E-state index in [9.17, 15) is 5.11 Å². The standard InChI is InChI=1S/C13H23N3O2/c1-13(17,9-14)8-11-15-12(16-18-11)10-6-4-2-3-5-7-10/h10,17H,2-9,14H2,1H3. The monoisotopic (exact) mass is 253 g/mol. The second-order valence-corrected chi connectivity index (χ2v) is 5.61. The van der Waals surface area contributed by atoms with E-state index in [0.717, 1.165) is 18.7 Å². The Morgan fingerprint density at radius 3 is 2.61 bits per heavy atom. The third-order valence-electron chi connectivity index (χ3n) is 3.68. The molecule has 1 aromatic rings. The molecule has 0 aromatic carbocycles. The topological polar surface area (TPSA) is 85.2 Å². The van der Waals surface area contributed by atoms with E-state index in [-0.39, 0.29) is 6.54 Å². The van der Waals surface area contributed by atoms with Crippen molar-refractivity contribution in [2.75, 3.05) is 6.54 Å². The second-order valence-electron chi connectivity index (χ2n) is 5.61. The Labute approximate surface area is 108 Å². The zero-order chi connectivity index (χ0) is 13.0. The Balaban J connectivity index is 2.00. The quantitative estimate of drug-likeness (QED) is 0.799. The zero-order valence-corrected chi connectivity index (χ0v) is 11.1. The molecule has 0 aliphatic heterocycles. The summed E-state index contributed by atoms with van der Waals surface area (Å²) in [6.07, 6.45) is 7.72. The third kappa shape index (κ3) is 3.53. The second kappa shape index (κ2) is 5.80. The maximum absolute atomic E-state index is 9.89. The summed E-state index contributed by atoms with van der Waals surface area (Å²) in [6, 6.07) is 0. The number of aromatic nitrogens is 2. The normalized spacial score (nSPS) is 21.5. The molecular formula is C13H23N3O2. The predicted octanol–water partition coefficient (Wildman–Crippen LogP) is 1.76. The Bertz CT molecular complexity index is 368. The van der Waals surface area contributed by atoms with E-state index in [0.29, 0.717) is 18.2 Å². The number of nitrogens with two attached hydrogens (primary N) is 1. The van der Waals surface area contributed by atoms with Gasteiger partial charge in [0.05, 0.1) is 12.0 Å². The number of hydrogen-bond donors (Lipinski definition) is 2. The summed E-state index contributed by atoms with van der Waals surface area (Å²) in [4.78, 5) is 4.42. The predicted molar refractivity (Wildman–Crippen MR) is 68.1 cm³/mol. The van der Waals surface area contributed by atoms with E-state index in [2.05, 4.69) is 10.1 Å². The fraction of sp³-hybridized carbons (Fsp3) is 0.846. The average Bonchev–Trinajstić information content (AvgIpc) is 2.64. The fourth-order valence-corrected chi connectivity index (χ4v) is 2.44. The van der Waals surface area contributed by atoms with Crippen molar-refractivity contribution >= 4 is 0 Å². The molecule has 1 fully saturated rings. The Morgan fingerprint density at radius 1 is 1.33 bits per heavy atom. The van der Waals surface area contributed by atoms with Crippen LogP contribution in [0.4, 0.5) is 0 Å². The van der Waals surface area contributed by atoms with Crippen LogP contribution in [0.1, 0.15) is 63.1 Å². The molecule has 1 aromatic heterocycles. The van der Waals surface area contributed by atoms with Crippen molar-refractivity contribution in [2.24, 2.45) is 5.73 Å². The van der Waals surface area contributed by atoms with Gasteiger partial charge in [0.25, 0.3) is 0 Å². The molecule has 5 heteroatoms. The van der Waals surface area contributed by atoms with Gasteiger partial charge in [-0.2, -0.15) is 4.98 Å². The maximum atomic E-state index is 9.89. The Kier molecular flexibility index (Phi) is 4.35. The van der Waals surface area contributed by atoms with E-state index in [4.69, 9.17) is 10.3 Å². The summed E-state index contributed by atoms with van der Waals surface area (Å²) in [7, 11) is 0. The van der Waals surface area contributed by atoms with Crippen LogP contribution in [-0.4, -0.2) is 27.4 Å². The lowest BCUT2D eigenvalue weighted by Crippen LogP contribution is -2.36. The Morgan fingerprint density at radius 2 is 2.00 bits per heavy atom. The molecule has 1 unspecified atom stereocenters. The van der Waals surface area contributed by atoms with Crippen LogP contribution in [0.15, 0.2) is 4.52 Å². The van der Waals surface area contributed by atoms with Crippen molar-refractivity contribution in [3.05, 3.63) is 11.7 Å². The summed E-state index contributed by atoms with van der Waals surface area (Å²) in [5.74, 6) is 1.72. The number of aliphatic hydroxyl groups is 1. The lowest BCUT2D eigenvalue weighted by molar-refractivity contribution is 0.0610. The first-order valence-corrected chi connectivity index (χ1v) is 6.86. The zero-order valence-electron chi connectivity index (χ0n) is 11.1. The van der Waals surface area contributed by atoms with Crippen LogP contribution in [0.3, 0.4) is 0 Å². The van der Waals surface area contributed by atoms with Gasteiger partial charge in [-0.25, -0.2) is 0 Å². The van der Waals surface area contributed by atoms with Crippen LogP contribution < -0.4 is 5.73 Å². The Hall–Kier alpha value is -0.940. The summed E-state index contributed by atoms with van der Waals surface area (Å²) < 4.78 is 5.22. The molecule has 0 saturated heterocycles. The van der Waals surface area contributed by atoms with Gasteiger partial charge in [0.1, 0.15) is 0 Å². The lowest BCUT2D eigenvalue weighted by Gasteiger charge is -2.17. The van der Waals surface area contributed by atoms with Crippen molar-refractivity contribution in [2.45, 2.75) is 63.4 Å². The van der Waals surface area contributed by atoms with Gasteiger partial charge >= 0.3 is 0 Å². The van der Waals surface area contributed by atoms with Crippen molar-refractivity contribution in [1.82, 2.24) is 10.1 Å². The van der Waals surface area contributed by atoms with Crippen LogP contribution in [0, 0.1) is 0 Å². The molecule has 0 amide bonds. The van der Waals surface area contributed by atoms with Crippen LogP contribution in [0.25, 0.3) is 0 Å². The smallest absolute Gasteiger partial charge is 0.229 e. The summed E-state index contributed by atoms with van der Waals surface area (Å²) in [6.45, 7) is 1.87. The van der Waals surface area contributed by atoms with Gasteiger partial charge < -0.3 is 15.4 Å². The summed E-state index contributed by atoms with van der Waals surface area (Å²) in [5.41, 5.74) is 4.52. The van der Waals surface area contributed by atoms with Gasteiger partial charge in [-0.05, 0) is 19.8 Å². The molecule has 0 spiro atoms. The van der Waals surface area contributed by atoms with Crippen molar-refractivity contribution in [3.63, 3.8) is 0 Å². The molecular weight excluding hydrogens is 230 g/mol. The highest BCUT2D eigenvalue weighted by Crippen LogP contribution is 2.30. The van der Waals surface area contributed by atoms with Gasteiger partial charge in [-0.1, -0.05) is 30.8 Å². The number of rotatable bonds is 4. The molecule has 102 valence electrons. The molecule has 1 aliphatic carbocycles. The molecule has 1 atom stereocenters. The lowest BCUT2D eigenvalue weighted by atomic mass is 9.99. The highest BCUT2D eigenvalue weighted by Gasteiger charge is 2.25. The minimum Gasteiger partial charge on any atom is -0.388 e. The molecule has 0 radical (unpaired) electrons. The van der Waals surface area contributed by atoms with Crippen LogP contribution in [-0.2, 0) is 6.42 Å². The van der Waals surface area contributed by atoms with E-state index >= 15 is 0 Å². The highest BCUT2D eigenvalue weighted by molar-refractivity contribution is 4.98. The van der Waals surface area contributed by atoms with Gasteiger partial charge in [-0.15, -0.1) is 0 Å². The van der Waals surface area contributed by atoms with Crippen molar-refractivity contribution < 1.29 is 9.63 Å². The van der Waals surface area contributed by atoms with Gasteiger partial charge in [0.15, 0.2) is 5.82 Å². The van der Waals surface area contributed by atoms with E-state index < -0.39 is 5.60 Å². The first kappa shape index (κ1) is 13.5. The molecule has 18 heavy (non-hydrogen) atoms. The van der Waals surface area contributed by atoms with Crippen LogP contribution in [0.5, 0.6) is 0 Å². The number of hydrogen-bond acceptors (Lipinski definition) is 5. The summed E-state index contributed by atoms with van der Waals surface area (Å²) in [5, 5.41) is 14.0. The van der Waals surface area contributed by atoms with E-state index in [1.54, 1.807) is 6.92 Å². The van der Waals surface area contributed by atoms with Gasteiger partial charge in [0, 0.05) is 12.5 Å². The van der Waals surface area contributed by atoms with Crippen LogP contribution >= 0.6 is 0 Å². The van der Waals surface area contributed by atoms with Crippen molar-refractivity contribution in [3.8, 4) is 0 Å². The first-order chi connectivity index (χ1) is 8.61. The molecule has 1 aliphatic rings. The molecule has 2 rings (SSSR count). The third-order valence-corrected chi connectivity index (χ3v) is 3.68. The molecule has 3 N–H and O–H groups in total. The van der Waals surface area contributed by atoms with Crippen molar-refractivity contribution in [1.29, 1.82) is 0 Å². The first-order valence-electron chi connectivity index (χ1n) is 6.86. The van der Waals surface area contributed by atoms with E-state index in [1.165, 1.54) is 25.7 Å². The maximum Gasteiger partial charge on any atom is 0.229 e. The van der Waals surface area contributed by atoms with Crippen LogP contribution in [0.2, 0.25) is 0 Å². The molecule has 1 heterocycles.